The fourth-order valence-electron chi connectivity index (χ4n) is 3.01. The summed E-state index contributed by atoms with van der Waals surface area (Å²) in [6.45, 7) is 4.27. The molecule has 108 valence electrons. The molecule has 0 aliphatic carbocycles. The molecule has 0 spiro atoms. The molecular formula is C16H24N4. The van der Waals surface area contributed by atoms with E-state index in [0.29, 0.717) is 5.92 Å². The quantitative estimate of drug-likeness (QED) is 0.925. The minimum atomic E-state index is 0.554. The van der Waals surface area contributed by atoms with Gasteiger partial charge in [0.25, 0.3) is 0 Å². The van der Waals surface area contributed by atoms with Crippen LogP contribution >= 0.6 is 0 Å². The molecule has 1 fully saturated rings. The van der Waals surface area contributed by atoms with E-state index < -0.39 is 0 Å². The highest BCUT2D eigenvalue weighted by molar-refractivity contribution is 5.76. The molecular weight excluding hydrogens is 248 g/mol. The van der Waals surface area contributed by atoms with Crippen molar-refractivity contribution >= 4 is 11.0 Å². The monoisotopic (exact) mass is 272 g/mol. The average Bonchev–Trinajstić information content (AvgIpc) is 2.84. The third kappa shape index (κ3) is 2.72. The second-order valence-electron chi connectivity index (χ2n) is 5.96. The van der Waals surface area contributed by atoms with Crippen molar-refractivity contribution in [2.24, 2.45) is 0 Å². The van der Waals surface area contributed by atoms with E-state index in [9.17, 15) is 0 Å². The summed E-state index contributed by atoms with van der Waals surface area (Å²) in [4.78, 5) is 7.15. The fraction of sp³-hybridized carbons (Fsp3) is 0.562. The molecule has 2 aromatic rings. The van der Waals surface area contributed by atoms with Crippen LogP contribution in [0, 0.1) is 0 Å². The predicted octanol–water partition coefficient (Wildman–Crippen LogP) is 2.06. The van der Waals surface area contributed by atoms with Gasteiger partial charge in [0.2, 0.25) is 0 Å². The lowest BCUT2D eigenvalue weighted by atomic mass is 9.99. The zero-order chi connectivity index (χ0) is 13.9. The molecule has 0 saturated carbocycles. The Morgan fingerprint density at radius 3 is 2.95 bits per heavy atom. The molecule has 1 unspecified atom stereocenters. The summed E-state index contributed by atoms with van der Waals surface area (Å²) in [5.41, 5.74) is 2.40. The number of imidazole rings is 1. The van der Waals surface area contributed by atoms with Gasteiger partial charge in [-0.05, 0) is 45.6 Å². The number of piperidine rings is 1. The largest absolute Gasteiger partial charge is 0.326 e. The van der Waals surface area contributed by atoms with Gasteiger partial charge in [-0.1, -0.05) is 12.1 Å². The van der Waals surface area contributed by atoms with E-state index in [4.69, 9.17) is 4.98 Å². The maximum Gasteiger partial charge on any atom is 0.114 e. The zero-order valence-electron chi connectivity index (χ0n) is 12.5. The number of nitrogens with one attached hydrogen (secondary N) is 1. The first-order valence-electron chi connectivity index (χ1n) is 7.56. The lowest BCUT2D eigenvalue weighted by molar-refractivity contribution is 0.373. The second-order valence-corrected chi connectivity index (χ2v) is 5.96. The van der Waals surface area contributed by atoms with E-state index in [1.54, 1.807) is 0 Å². The fourth-order valence-corrected chi connectivity index (χ4v) is 3.01. The molecule has 1 saturated heterocycles. The number of likely N-dealkylation sites (N-methyl/N-ethyl adjacent to an activating group) is 1. The summed E-state index contributed by atoms with van der Waals surface area (Å²) < 4.78 is 2.42. The predicted molar refractivity (Wildman–Crippen MR) is 83.1 cm³/mol. The van der Waals surface area contributed by atoms with Crippen molar-refractivity contribution in [1.82, 2.24) is 19.8 Å². The van der Waals surface area contributed by atoms with Gasteiger partial charge in [-0.2, -0.15) is 0 Å². The molecule has 1 aromatic heterocycles. The lowest BCUT2D eigenvalue weighted by Crippen LogP contribution is -2.30. The van der Waals surface area contributed by atoms with Crippen molar-refractivity contribution in [3.63, 3.8) is 0 Å². The number of para-hydroxylation sites is 2. The third-order valence-electron chi connectivity index (χ3n) is 4.12. The standard InChI is InChI=1S/C16H24N4/c1-19(2)10-11-20-15-8-4-3-7-14(15)18-16(20)13-6-5-9-17-12-13/h3-4,7-8,13,17H,5-6,9-12H2,1-2H3. The zero-order valence-corrected chi connectivity index (χ0v) is 12.5. The molecule has 1 N–H and O–H groups in total. The van der Waals surface area contributed by atoms with Crippen LogP contribution in [-0.2, 0) is 6.54 Å². The molecule has 4 nitrogen and oxygen atoms in total. The normalized spacial score (nSPS) is 19.9. The van der Waals surface area contributed by atoms with Gasteiger partial charge in [-0.25, -0.2) is 4.98 Å². The topological polar surface area (TPSA) is 33.1 Å². The van der Waals surface area contributed by atoms with Gasteiger partial charge in [0, 0.05) is 25.6 Å². The third-order valence-corrected chi connectivity index (χ3v) is 4.12. The van der Waals surface area contributed by atoms with Crippen molar-refractivity contribution in [1.29, 1.82) is 0 Å². The second kappa shape index (κ2) is 5.94. The minimum Gasteiger partial charge on any atom is -0.326 e. The molecule has 20 heavy (non-hydrogen) atoms. The molecule has 0 bridgehead atoms. The average molecular weight is 272 g/mol. The molecule has 1 aliphatic rings. The smallest absolute Gasteiger partial charge is 0.114 e. The van der Waals surface area contributed by atoms with Gasteiger partial charge < -0.3 is 14.8 Å². The molecule has 3 rings (SSSR count). The lowest BCUT2D eigenvalue weighted by Gasteiger charge is -2.24. The van der Waals surface area contributed by atoms with Crippen molar-refractivity contribution in [3.8, 4) is 0 Å². The van der Waals surface area contributed by atoms with Crippen molar-refractivity contribution in [2.75, 3.05) is 33.7 Å². The molecule has 1 aromatic carbocycles. The van der Waals surface area contributed by atoms with Crippen LogP contribution < -0.4 is 5.32 Å². The molecule has 0 amide bonds. The van der Waals surface area contributed by atoms with E-state index in [1.165, 1.54) is 24.2 Å². The first kappa shape index (κ1) is 13.6. The maximum absolute atomic E-state index is 4.92. The Hall–Kier alpha value is -1.39. The molecule has 1 atom stereocenters. The number of hydrogen-bond acceptors (Lipinski definition) is 3. The summed E-state index contributed by atoms with van der Waals surface area (Å²) >= 11 is 0. The van der Waals surface area contributed by atoms with Gasteiger partial charge in [0.05, 0.1) is 11.0 Å². The van der Waals surface area contributed by atoms with Crippen LogP contribution in [-0.4, -0.2) is 48.2 Å². The Balaban J connectivity index is 1.97. The van der Waals surface area contributed by atoms with Crippen LogP contribution in [0.2, 0.25) is 0 Å². The molecule has 4 heteroatoms. The number of nitrogens with zero attached hydrogens (tertiary/aromatic N) is 3. The number of hydrogen-bond donors (Lipinski definition) is 1. The number of fused-ring (bicyclic) bond motifs is 1. The summed E-state index contributed by atoms with van der Waals surface area (Å²) in [5.74, 6) is 1.82. The molecule has 0 radical (unpaired) electrons. The summed E-state index contributed by atoms with van der Waals surface area (Å²) in [5, 5.41) is 3.51. The van der Waals surface area contributed by atoms with Gasteiger partial charge in [-0.15, -0.1) is 0 Å². The van der Waals surface area contributed by atoms with Crippen molar-refractivity contribution in [2.45, 2.75) is 25.3 Å². The Kier molecular flexibility index (Phi) is 4.03. The van der Waals surface area contributed by atoms with Gasteiger partial charge in [-0.3, -0.25) is 0 Å². The van der Waals surface area contributed by atoms with Crippen LogP contribution in [0.1, 0.15) is 24.6 Å². The van der Waals surface area contributed by atoms with Crippen LogP contribution in [0.4, 0.5) is 0 Å². The first-order chi connectivity index (χ1) is 9.75. The number of rotatable bonds is 4. The summed E-state index contributed by atoms with van der Waals surface area (Å²) in [7, 11) is 4.25. The molecule has 2 heterocycles. The Labute approximate surface area is 120 Å². The SMILES string of the molecule is CN(C)CCn1c(C2CCCNC2)nc2ccccc21. The van der Waals surface area contributed by atoms with Crippen molar-refractivity contribution in [3.05, 3.63) is 30.1 Å². The highest BCUT2D eigenvalue weighted by Gasteiger charge is 2.22. The van der Waals surface area contributed by atoms with Crippen LogP contribution in [0.25, 0.3) is 11.0 Å². The highest BCUT2D eigenvalue weighted by Crippen LogP contribution is 2.26. The number of aromatic nitrogens is 2. The number of benzene rings is 1. The van der Waals surface area contributed by atoms with E-state index in [0.717, 1.165) is 31.7 Å². The van der Waals surface area contributed by atoms with E-state index >= 15 is 0 Å². The summed E-state index contributed by atoms with van der Waals surface area (Å²) in [6.07, 6.45) is 2.50. The van der Waals surface area contributed by atoms with Gasteiger partial charge in [0.1, 0.15) is 5.82 Å². The van der Waals surface area contributed by atoms with Crippen molar-refractivity contribution < 1.29 is 0 Å². The van der Waals surface area contributed by atoms with Gasteiger partial charge in [0.15, 0.2) is 0 Å². The Morgan fingerprint density at radius 2 is 2.20 bits per heavy atom. The first-order valence-corrected chi connectivity index (χ1v) is 7.56. The van der Waals surface area contributed by atoms with E-state index in [1.807, 2.05) is 0 Å². The van der Waals surface area contributed by atoms with Crippen LogP contribution in [0.5, 0.6) is 0 Å². The highest BCUT2D eigenvalue weighted by atomic mass is 15.1. The van der Waals surface area contributed by atoms with Crippen LogP contribution in [0.15, 0.2) is 24.3 Å². The Morgan fingerprint density at radius 1 is 1.35 bits per heavy atom. The Bertz CT molecular complexity index is 567. The maximum atomic E-state index is 4.92. The van der Waals surface area contributed by atoms with E-state index in [2.05, 4.69) is 53.1 Å². The van der Waals surface area contributed by atoms with Crippen LogP contribution in [0.3, 0.4) is 0 Å². The van der Waals surface area contributed by atoms with E-state index in [-0.39, 0.29) is 0 Å². The summed E-state index contributed by atoms with van der Waals surface area (Å²) in [6, 6.07) is 8.51. The minimum absolute atomic E-state index is 0.554. The van der Waals surface area contributed by atoms with Gasteiger partial charge >= 0.3 is 0 Å². The molecule has 1 aliphatic heterocycles.